The molecule has 9 nitrogen and oxygen atoms in total. The van der Waals surface area contributed by atoms with Gasteiger partial charge in [0.25, 0.3) is 5.69 Å². The van der Waals surface area contributed by atoms with Crippen molar-refractivity contribution in [3.8, 4) is 11.5 Å². The van der Waals surface area contributed by atoms with Crippen molar-refractivity contribution in [3.63, 3.8) is 0 Å². The summed E-state index contributed by atoms with van der Waals surface area (Å²) >= 11 is 0. The van der Waals surface area contributed by atoms with Crippen LogP contribution in [0.25, 0.3) is 0 Å². The fourth-order valence-corrected chi connectivity index (χ4v) is 3.25. The zero-order chi connectivity index (χ0) is 20.8. The Morgan fingerprint density at radius 3 is 2.34 bits per heavy atom. The number of amides is 1. The van der Waals surface area contributed by atoms with Gasteiger partial charge < -0.3 is 19.7 Å². The van der Waals surface area contributed by atoms with Crippen LogP contribution in [0, 0.1) is 10.1 Å². The Morgan fingerprint density at radius 1 is 1.07 bits per heavy atom. The molecule has 0 aliphatic carbocycles. The summed E-state index contributed by atoms with van der Waals surface area (Å²) in [5.41, 5.74) is 1.46. The second kappa shape index (κ2) is 9.24. The summed E-state index contributed by atoms with van der Waals surface area (Å²) in [5.74, 6) is 0.901. The number of carbonyl (C=O) groups is 1. The van der Waals surface area contributed by atoms with Gasteiger partial charge in [-0.2, -0.15) is 0 Å². The van der Waals surface area contributed by atoms with Crippen molar-refractivity contribution >= 4 is 23.0 Å². The van der Waals surface area contributed by atoms with Crippen LogP contribution in [0.5, 0.6) is 11.5 Å². The third-order valence-electron chi connectivity index (χ3n) is 4.85. The van der Waals surface area contributed by atoms with Crippen LogP contribution in [0.15, 0.2) is 42.5 Å². The average Bonchev–Trinajstić information content (AvgIpc) is 2.74. The van der Waals surface area contributed by atoms with Gasteiger partial charge in [0.05, 0.1) is 37.4 Å². The van der Waals surface area contributed by atoms with E-state index < -0.39 is 4.92 Å². The standard InChI is InChI=1S/C20H24N4O5/c1-28-17-6-3-15(4-7-17)23-11-9-22(10-12-23)14-20(25)21-18-8-5-16(24(26)27)13-19(18)29-2/h3-8,13H,9-12,14H2,1-2H3,(H,21,25). The minimum atomic E-state index is -0.504. The number of rotatable bonds is 7. The van der Waals surface area contributed by atoms with E-state index in [1.165, 1.54) is 25.3 Å². The minimum absolute atomic E-state index is 0.0884. The molecule has 1 N–H and O–H groups in total. The first-order chi connectivity index (χ1) is 14.0. The number of benzene rings is 2. The van der Waals surface area contributed by atoms with Crippen LogP contribution in [0.2, 0.25) is 0 Å². The van der Waals surface area contributed by atoms with Gasteiger partial charge in [0.1, 0.15) is 11.5 Å². The SMILES string of the molecule is COc1ccc(N2CCN(CC(=O)Nc3ccc([N+](=O)[O-])cc3OC)CC2)cc1. The van der Waals surface area contributed by atoms with E-state index in [1.54, 1.807) is 7.11 Å². The highest BCUT2D eigenvalue weighted by atomic mass is 16.6. The molecule has 1 saturated heterocycles. The molecule has 0 radical (unpaired) electrons. The molecule has 0 atom stereocenters. The lowest BCUT2D eigenvalue weighted by Gasteiger charge is -2.35. The van der Waals surface area contributed by atoms with Crippen molar-refractivity contribution in [2.45, 2.75) is 0 Å². The topological polar surface area (TPSA) is 97.2 Å². The maximum atomic E-state index is 12.4. The number of non-ortho nitro benzene ring substituents is 1. The van der Waals surface area contributed by atoms with Crippen molar-refractivity contribution < 1.29 is 19.2 Å². The predicted octanol–water partition coefficient (Wildman–Crippen LogP) is 2.37. The van der Waals surface area contributed by atoms with Crippen molar-refractivity contribution in [1.82, 2.24) is 4.90 Å². The summed E-state index contributed by atoms with van der Waals surface area (Å²) in [6, 6.07) is 12.1. The van der Waals surface area contributed by atoms with Gasteiger partial charge in [-0.15, -0.1) is 0 Å². The highest BCUT2D eigenvalue weighted by molar-refractivity contribution is 5.94. The molecular weight excluding hydrogens is 376 g/mol. The van der Waals surface area contributed by atoms with Crippen LogP contribution in [-0.4, -0.2) is 62.7 Å². The van der Waals surface area contributed by atoms with Gasteiger partial charge in [-0.3, -0.25) is 19.8 Å². The van der Waals surface area contributed by atoms with Crippen LogP contribution in [-0.2, 0) is 4.79 Å². The smallest absolute Gasteiger partial charge is 0.273 e. The molecular formula is C20H24N4O5. The molecule has 0 unspecified atom stereocenters. The molecule has 1 amide bonds. The monoisotopic (exact) mass is 400 g/mol. The number of hydrogen-bond acceptors (Lipinski definition) is 7. The largest absolute Gasteiger partial charge is 0.497 e. The highest BCUT2D eigenvalue weighted by Gasteiger charge is 2.20. The predicted molar refractivity (Wildman–Crippen MR) is 110 cm³/mol. The Labute approximate surface area is 169 Å². The fourth-order valence-electron chi connectivity index (χ4n) is 3.25. The normalized spacial score (nSPS) is 14.3. The first-order valence-electron chi connectivity index (χ1n) is 9.24. The van der Waals surface area contributed by atoms with E-state index in [0.29, 0.717) is 5.69 Å². The highest BCUT2D eigenvalue weighted by Crippen LogP contribution is 2.29. The van der Waals surface area contributed by atoms with E-state index in [4.69, 9.17) is 9.47 Å². The Morgan fingerprint density at radius 2 is 1.76 bits per heavy atom. The zero-order valence-electron chi connectivity index (χ0n) is 16.5. The van der Waals surface area contributed by atoms with E-state index in [2.05, 4.69) is 15.1 Å². The first-order valence-corrected chi connectivity index (χ1v) is 9.24. The van der Waals surface area contributed by atoms with Gasteiger partial charge in [0.2, 0.25) is 5.91 Å². The van der Waals surface area contributed by atoms with Crippen molar-refractivity contribution in [2.24, 2.45) is 0 Å². The summed E-state index contributed by atoms with van der Waals surface area (Å²) in [6.07, 6.45) is 0. The number of nitro groups is 1. The van der Waals surface area contributed by atoms with E-state index in [9.17, 15) is 14.9 Å². The lowest BCUT2D eigenvalue weighted by atomic mass is 10.2. The van der Waals surface area contributed by atoms with Crippen molar-refractivity contribution in [1.29, 1.82) is 0 Å². The molecule has 1 fully saturated rings. The number of methoxy groups -OCH3 is 2. The van der Waals surface area contributed by atoms with E-state index in [-0.39, 0.29) is 23.9 Å². The minimum Gasteiger partial charge on any atom is -0.497 e. The number of nitrogens with zero attached hydrogens (tertiary/aromatic N) is 3. The van der Waals surface area contributed by atoms with Gasteiger partial charge in [-0.1, -0.05) is 0 Å². The van der Waals surface area contributed by atoms with Crippen LogP contribution < -0.4 is 19.7 Å². The number of ether oxygens (including phenoxy) is 2. The molecule has 1 heterocycles. The second-order valence-electron chi connectivity index (χ2n) is 6.65. The number of piperazine rings is 1. The maximum Gasteiger partial charge on any atom is 0.273 e. The third-order valence-corrected chi connectivity index (χ3v) is 4.85. The molecule has 0 spiro atoms. The molecule has 154 valence electrons. The molecule has 2 aromatic carbocycles. The molecule has 2 aromatic rings. The number of hydrogen-bond donors (Lipinski definition) is 1. The van der Waals surface area contributed by atoms with Crippen molar-refractivity contribution in [3.05, 3.63) is 52.6 Å². The zero-order valence-corrected chi connectivity index (χ0v) is 16.5. The van der Waals surface area contributed by atoms with E-state index in [1.807, 2.05) is 24.3 Å². The molecule has 0 bridgehead atoms. The number of carbonyl (C=O) groups excluding carboxylic acids is 1. The van der Waals surface area contributed by atoms with Gasteiger partial charge in [-0.05, 0) is 30.3 Å². The molecule has 29 heavy (non-hydrogen) atoms. The van der Waals surface area contributed by atoms with Crippen LogP contribution in [0.3, 0.4) is 0 Å². The second-order valence-corrected chi connectivity index (χ2v) is 6.65. The first kappa shape index (κ1) is 20.4. The van der Waals surface area contributed by atoms with Gasteiger partial charge >= 0.3 is 0 Å². The van der Waals surface area contributed by atoms with Gasteiger partial charge in [0.15, 0.2) is 0 Å². The fraction of sp³-hybridized carbons (Fsp3) is 0.350. The summed E-state index contributed by atoms with van der Waals surface area (Å²) < 4.78 is 10.3. The van der Waals surface area contributed by atoms with Gasteiger partial charge in [0, 0.05) is 37.9 Å². The summed E-state index contributed by atoms with van der Waals surface area (Å²) in [6.45, 7) is 3.41. The van der Waals surface area contributed by atoms with Crippen LogP contribution in [0.4, 0.5) is 17.1 Å². The number of nitro benzene ring substituents is 1. The molecule has 3 rings (SSSR count). The Hall–Kier alpha value is -3.33. The average molecular weight is 400 g/mol. The summed E-state index contributed by atoms with van der Waals surface area (Å²) in [5, 5.41) is 13.6. The maximum absolute atomic E-state index is 12.4. The van der Waals surface area contributed by atoms with E-state index in [0.717, 1.165) is 37.6 Å². The Balaban J connectivity index is 1.52. The molecule has 0 saturated carbocycles. The molecule has 9 heteroatoms. The van der Waals surface area contributed by atoms with Gasteiger partial charge in [-0.25, -0.2) is 0 Å². The van der Waals surface area contributed by atoms with Crippen molar-refractivity contribution in [2.75, 3.05) is 57.2 Å². The third kappa shape index (κ3) is 5.14. The Bertz CT molecular complexity index is 864. The van der Waals surface area contributed by atoms with Crippen LogP contribution >= 0.6 is 0 Å². The number of nitrogens with one attached hydrogen (secondary N) is 1. The lowest BCUT2D eigenvalue weighted by molar-refractivity contribution is -0.384. The van der Waals surface area contributed by atoms with Crippen LogP contribution in [0.1, 0.15) is 0 Å². The Kier molecular flexibility index (Phi) is 6.50. The molecule has 1 aliphatic heterocycles. The summed E-state index contributed by atoms with van der Waals surface area (Å²) in [4.78, 5) is 27.1. The summed E-state index contributed by atoms with van der Waals surface area (Å²) in [7, 11) is 3.05. The lowest BCUT2D eigenvalue weighted by Crippen LogP contribution is -2.48. The molecule has 0 aromatic heterocycles. The molecule has 1 aliphatic rings. The van der Waals surface area contributed by atoms with E-state index >= 15 is 0 Å². The quantitative estimate of drug-likeness (QED) is 0.563. The number of anilines is 2.